The molecule has 6 rings (SSSR count). The monoisotopic (exact) mass is 520 g/mol. The van der Waals surface area contributed by atoms with Gasteiger partial charge in [0, 0.05) is 22.0 Å². The van der Waals surface area contributed by atoms with Crippen molar-refractivity contribution in [3.63, 3.8) is 0 Å². The largest absolute Gasteiger partial charge is 0.484 e. The summed E-state index contributed by atoms with van der Waals surface area (Å²) in [6, 6.07) is 10.7. The predicted octanol–water partition coefficient (Wildman–Crippen LogP) is 4.62. The highest BCUT2D eigenvalue weighted by Crippen LogP contribution is 2.47. The quantitative estimate of drug-likeness (QED) is 0.440. The number of furan rings is 1. The highest BCUT2D eigenvalue weighted by molar-refractivity contribution is 6.31. The van der Waals surface area contributed by atoms with Crippen molar-refractivity contribution in [2.45, 2.75) is 49.3 Å². The van der Waals surface area contributed by atoms with Crippen LogP contribution in [0.5, 0.6) is 5.75 Å². The van der Waals surface area contributed by atoms with Gasteiger partial charge in [0.15, 0.2) is 12.4 Å². The Morgan fingerprint density at radius 1 is 1.09 bits per heavy atom. The lowest BCUT2D eigenvalue weighted by Crippen LogP contribution is -2.70. The molecule has 2 amide bonds. The summed E-state index contributed by atoms with van der Waals surface area (Å²) in [5, 5.41) is 18.2. The van der Waals surface area contributed by atoms with E-state index in [1.165, 1.54) is 12.1 Å². The average molecular weight is 521 g/mol. The molecule has 3 aliphatic carbocycles. The van der Waals surface area contributed by atoms with Gasteiger partial charge < -0.3 is 24.9 Å². The molecule has 3 aromatic rings. The fraction of sp³-hybridized carbons (Fsp3) is 0.360. The lowest BCUT2D eigenvalue weighted by molar-refractivity contribution is -0.132. The highest BCUT2D eigenvalue weighted by Gasteiger charge is 2.55. The lowest BCUT2D eigenvalue weighted by Gasteiger charge is -2.56. The van der Waals surface area contributed by atoms with E-state index < -0.39 is 28.9 Å². The zero-order valence-corrected chi connectivity index (χ0v) is 20.1. The third kappa shape index (κ3) is 4.70. The molecule has 1 aromatic heterocycles. The summed E-state index contributed by atoms with van der Waals surface area (Å²) in [5.41, 5.74) is -0.819. The number of hydrogen-bond donors (Lipinski definition) is 3. The fourth-order valence-corrected chi connectivity index (χ4v) is 5.42. The minimum Gasteiger partial charge on any atom is -0.484 e. The molecule has 3 N–H and O–H groups in total. The Hall–Kier alpha value is -2.81. The minimum atomic E-state index is -0.850. The molecule has 35 heavy (non-hydrogen) atoms. The van der Waals surface area contributed by atoms with Gasteiger partial charge in [-0.2, -0.15) is 0 Å². The molecule has 2 aromatic carbocycles. The Balaban J connectivity index is 1.20. The minimum absolute atomic E-state index is 0.0338. The molecule has 0 aliphatic heterocycles. The van der Waals surface area contributed by atoms with Crippen molar-refractivity contribution in [2.75, 3.05) is 6.61 Å². The van der Waals surface area contributed by atoms with Crippen molar-refractivity contribution < 1.29 is 28.2 Å². The summed E-state index contributed by atoms with van der Waals surface area (Å²) in [6.45, 7) is -0.326. The molecule has 0 radical (unpaired) electrons. The van der Waals surface area contributed by atoms with Crippen LogP contribution in [0.2, 0.25) is 10.0 Å². The van der Waals surface area contributed by atoms with Gasteiger partial charge in [0.1, 0.15) is 17.1 Å². The number of aliphatic hydroxyl groups excluding tert-OH is 1. The van der Waals surface area contributed by atoms with Gasteiger partial charge in [-0.1, -0.05) is 23.2 Å². The Bertz CT molecular complexity index is 1300. The van der Waals surface area contributed by atoms with Crippen LogP contribution in [0.4, 0.5) is 4.39 Å². The number of halogens is 3. The van der Waals surface area contributed by atoms with Crippen LogP contribution in [0.1, 0.15) is 42.7 Å². The lowest BCUT2D eigenvalue weighted by atomic mass is 9.60. The van der Waals surface area contributed by atoms with E-state index in [0.717, 1.165) is 11.5 Å². The maximum absolute atomic E-state index is 13.6. The van der Waals surface area contributed by atoms with Crippen LogP contribution in [0.15, 0.2) is 46.9 Å². The van der Waals surface area contributed by atoms with E-state index in [2.05, 4.69) is 10.6 Å². The van der Waals surface area contributed by atoms with Crippen molar-refractivity contribution in [1.29, 1.82) is 0 Å². The maximum atomic E-state index is 13.6. The summed E-state index contributed by atoms with van der Waals surface area (Å²) < 4.78 is 24.6. The molecule has 2 bridgehead atoms. The number of fused-ring (bicyclic) bond motifs is 4. The number of aliphatic hydroxyl groups is 1. The molecule has 1 heterocycles. The molecule has 3 aliphatic rings. The molecule has 3 fully saturated rings. The van der Waals surface area contributed by atoms with Crippen molar-refractivity contribution >= 4 is 46.0 Å². The van der Waals surface area contributed by atoms with Crippen molar-refractivity contribution in [2.24, 2.45) is 0 Å². The summed E-state index contributed by atoms with van der Waals surface area (Å²) in [7, 11) is 0. The van der Waals surface area contributed by atoms with Gasteiger partial charge in [-0.25, -0.2) is 4.39 Å². The van der Waals surface area contributed by atoms with E-state index in [9.17, 15) is 19.1 Å². The average Bonchev–Trinajstić information content (AvgIpc) is 3.24. The van der Waals surface area contributed by atoms with E-state index >= 15 is 0 Å². The van der Waals surface area contributed by atoms with E-state index in [1.807, 2.05) is 0 Å². The molecule has 0 saturated heterocycles. The second-order valence-electron chi connectivity index (χ2n) is 9.32. The molecule has 10 heteroatoms. The number of carbonyl (C=O) groups is 2. The Labute approximate surface area is 210 Å². The van der Waals surface area contributed by atoms with Gasteiger partial charge in [-0.3, -0.25) is 9.59 Å². The molecular formula is C25H23Cl2FN2O5. The first-order valence-electron chi connectivity index (χ1n) is 11.3. The summed E-state index contributed by atoms with van der Waals surface area (Å²) in [4.78, 5) is 25.5. The first-order chi connectivity index (χ1) is 16.7. The molecule has 184 valence electrons. The van der Waals surface area contributed by atoms with Crippen LogP contribution < -0.4 is 15.4 Å². The second-order valence-corrected chi connectivity index (χ2v) is 10.2. The number of carbonyl (C=O) groups excluding carboxylic acids is 2. The van der Waals surface area contributed by atoms with Crippen LogP contribution in [-0.4, -0.2) is 40.7 Å². The Morgan fingerprint density at radius 2 is 1.86 bits per heavy atom. The van der Waals surface area contributed by atoms with Gasteiger partial charge >= 0.3 is 0 Å². The smallest absolute Gasteiger partial charge is 0.287 e. The molecule has 1 atom stereocenters. The number of benzene rings is 2. The van der Waals surface area contributed by atoms with E-state index in [-0.39, 0.29) is 29.0 Å². The highest BCUT2D eigenvalue weighted by atomic mass is 35.5. The molecule has 0 spiro atoms. The van der Waals surface area contributed by atoms with E-state index in [4.69, 9.17) is 32.4 Å². The van der Waals surface area contributed by atoms with Crippen molar-refractivity contribution in [3.05, 3.63) is 64.1 Å². The van der Waals surface area contributed by atoms with E-state index in [1.54, 1.807) is 24.3 Å². The topological polar surface area (TPSA) is 101 Å². The molecular weight excluding hydrogens is 498 g/mol. The van der Waals surface area contributed by atoms with Crippen molar-refractivity contribution in [3.8, 4) is 5.75 Å². The zero-order chi connectivity index (χ0) is 24.8. The number of nitrogens with one attached hydrogen (secondary N) is 2. The third-order valence-electron chi connectivity index (χ3n) is 7.05. The summed E-state index contributed by atoms with van der Waals surface area (Å²) in [6.07, 6.45) is 1.61. The third-order valence-corrected chi connectivity index (χ3v) is 7.59. The molecule has 3 saturated carbocycles. The number of rotatable bonds is 6. The second kappa shape index (κ2) is 9.00. The Kier molecular flexibility index (Phi) is 6.15. The Morgan fingerprint density at radius 3 is 2.57 bits per heavy atom. The van der Waals surface area contributed by atoms with Gasteiger partial charge in [-0.05, 0) is 68.5 Å². The van der Waals surface area contributed by atoms with Gasteiger partial charge in [0.25, 0.3) is 11.8 Å². The SMILES string of the molecule is O=C(COc1ccc(Cl)c(F)c1)NC12CCC(NC(=O)c3cc4cc(Cl)ccc4o3)(CC1)C[C@@H]2O. The number of amides is 2. The van der Waals surface area contributed by atoms with Crippen LogP contribution >= 0.6 is 23.2 Å². The van der Waals surface area contributed by atoms with Crippen LogP contribution in [0.25, 0.3) is 11.0 Å². The zero-order valence-electron chi connectivity index (χ0n) is 18.6. The first kappa shape index (κ1) is 23.9. The summed E-state index contributed by atoms with van der Waals surface area (Å²) >= 11 is 11.7. The van der Waals surface area contributed by atoms with Gasteiger partial charge in [0.05, 0.1) is 16.7 Å². The predicted molar refractivity (Wildman–Crippen MR) is 128 cm³/mol. The summed E-state index contributed by atoms with van der Waals surface area (Å²) in [5.74, 6) is -1.05. The van der Waals surface area contributed by atoms with Crippen molar-refractivity contribution in [1.82, 2.24) is 10.6 Å². The number of hydrogen-bond acceptors (Lipinski definition) is 5. The molecule has 7 nitrogen and oxygen atoms in total. The van der Waals surface area contributed by atoms with Crippen LogP contribution in [-0.2, 0) is 4.79 Å². The normalized spacial score (nSPS) is 25.4. The van der Waals surface area contributed by atoms with Crippen LogP contribution in [0, 0.1) is 5.82 Å². The number of ether oxygens (including phenoxy) is 1. The first-order valence-corrected chi connectivity index (χ1v) is 12.0. The van der Waals surface area contributed by atoms with Gasteiger partial charge in [-0.15, -0.1) is 0 Å². The molecule has 0 unspecified atom stereocenters. The van der Waals surface area contributed by atoms with Crippen LogP contribution in [0.3, 0.4) is 0 Å². The standard InChI is InChI=1S/C25H23Cl2FN2O5/c26-15-1-4-19-14(9-15)10-20(35-19)23(33)30-24-5-7-25(8-6-24,21(31)12-24)29-22(32)13-34-16-2-3-17(27)18(28)11-16/h1-4,9-11,21,31H,5-8,12-13H2,(H,29,32)(H,30,33)/t21-,24?,25?/m0/s1. The van der Waals surface area contributed by atoms with E-state index in [0.29, 0.717) is 42.7 Å². The maximum Gasteiger partial charge on any atom is 0.287 e. The van der Waals surface area contributed by atoms with Gasteiger partial charge in [0.2, 0.25) is 0 Å². The fourth-order valence-electron chi connectivity index (χ4n) is 5.12.